The van der Waals surface area contributed by atoms with Crippen LogP contribution in [0.3, 0.4) is 0 Å². The maximum absolute atomic E-state index is 5.90. The summed E-state index contributed by atoms with van der Waals surface area (Å²) in [5.74, 6) is 1.39. The van der Waals surface area contributed by atoms with E-state index in [1.54, 1.807) is 6.33 Å². The van der Waals surface area contributed by atoms with Crippen LogP contribution in [0.15, 0.2) is 64.6 Å². The molecule has 0 saturated heterocycles. The molecular weight excluding hydrogens is 430 g/mol. The van der Waals surface area contributed by atoms with Crippen LogP contribution in [0.4, 0.5) is 5.82 Å². The highest BCUT2D eigenvalue weighted by atomic mass is 79.9. The molecule has 2 heterocycles. The Kier molecular flexibility index (Phi) is 8.06. The van der Waals surface area contributed by atoms with E-state index in [0.29, 0.717) is 12.5 Å². The normalized spacial score (nSPS) is 11.4. The van der Waals surface area contributed by atoms with E-state index in [2.05, 4.69) is 76.8 Å². The zero-order valence-corrected chi connectivity index (χ0v) is 17.8. The summed E-state index contributed by atoms with van der Waals surface area (Å²) >= 11 is 3.47. The summed E-state index contributed by atoms with van der Waals surface area (Å²) in [6.45, 7) is 2.17. The van der Waals surface area contributed by atoms with Crippen LogP contribution in [0, 0.1) is 0 Å². The van der Waals surface area contributed by atoms with Crippen molar-refractivity contribution >= 4 is 27.7 Å². The molecular formula is C21H26BrN7. The van der Waals surface area contributed by atoms with Gasteiger partial charge in [0.1, 0.15) is 5.82 Å². The number of pyridine rings is 1. The van der Waals surface area contributed by atoms with Gasteiger partial charge in [-0.15, -0.1) is 0 Å². The number of guanidine groups is 1. The fourth-order valence-electron chi connectivity index (χ4n) is 2.85. The van der Waals surface area contributed by atoms with Crippen LogP contribution >= 0.6 is 15.9 Å². The van der Waals surface area contributed by atoms with Gasteiger partial charge in [-0.25, -0.2) is 9.97 Å². The SMILES string of the molecule is NC(=NCCCNc1ncccc1Cc1ccc(Br)cc1)NCCc1cnc[nH]1. The Labute approximate surface area is 179 Å². The predicted octanol–water partition coefficient (Wildman–Crippen LogP) is 3.11. The number of rotatable bonds is 10. The fraction of sp³-hybridized carbons (Fsp3) is 0.286. The molecule has 7 nitrogen and oxygen atoms in total. The maximum Gasteiger partial charge on any atom is 0.188 e. The summed E-state index contributed by atoms with van der Waals surface area (Å²) in [4.78, 5) is 15.9. The van der Waals surface area contributed by atoms with Crippen molar-refractivity contribution in [2.75, 3.05) is 25.0 Å². The lowest BCUT2D eigenvalue weighted by Gasteiger charge is -2.11. The molecule has 0 aliphatic heterocycles. The smallest absolute Gasteiger partial charge is 0.188 e. The quantitative estimate of drug-likeness (QED) is 0.213. The molecule has 0 bridgehead atoms. The van der Waals surface area contributed by atoms with Gasteiger partial charge in [0.2, 0.25) is 0 Å². The van der Waals surface area contributed by atoms with Gasteiger partial charge in [0.25, 0.3) is 0 Å². The molecule has 0 atom stereocenters. The molecule has 0 saturated carbocycles. The number of anilines is 1. The molecule has 0 amide bonds. The third kappa shape index (κ3) is 7.23. The van der Waals surface area contributed by atoms with Crippen LogP contribution in [0.1, 0.15) is 23.2 Å². The molecule has 29 heavy (non-hydrogen) atoms. The van der Waals surface area contributed by atoms with Crippen LogP contribution in [-0.2, 0) is 12.8 Å². The number of aromatic amines is 1. The molecule has 3 aromatic rings. The monoisotopic (exact) mass is 455 g/mol. The van der Waals surface area contributed by atoms with Gasteiger partial charge < -0.3 is 21.4 Å². The van der Waals surface area contributed by atoms with E-state index >= 15 is 0 Å². The summed E-state index contributed by atoms with van der Waals surface area (Å²) < 4.78 is 1.08. The summed E-state index contributed by atoms with van der Waals surface area (Å²) in [7, 11) is 0. The maximum atomic E-state index is 5.90. The van der Waals surface area contributed by atoms with Gasteiger partial charge in [0, 0.05) is 55.0 Å². The minimum atomic E-state index is 0.471. The summed E-state index contributed by atoms with van der Waals surface area (Å²) in [6, 6.07) is 12.4. The Morgan fingerprint density at radius 3 is 2.83 bits per heavy atom. The first-order valence-electron chi connectivity index (χ1n) is 9.64. The molecule has 3 rings (SSSR count). The molecule has 5 N–H and O–H groups in total. The van der Waals surface area contributed by atoms with E-state index < -0.39 is 0 Å². The number of halogens is 1. The lowest BCUT2D eigenvalue weighted by molar-refractivity contribution is 0.816. The number of nitrogens with zero attached hydrogens (tertiary/aromatic N) is 3. The zero-order valence-electron chi connectivity index (χ0n) is 16.2. The van der Waals surface area contributed by atoms with Gasteiger partial charge in [-0.2, -0.15) is 0 Å². The number of benzene rings is 1. The van der Waals surface area contributed by atoms with E-state index in [1.165, 1.54) is 11.1 Å². The van der Waals surface area contributed by atoms with Crippen LogP contribution in [0.5, 0.6) is 0 Å². The number of nitrogens with one attached hydrogen (secondary N) is 3. The van der Waals surface area contributed by atoms with E-state index in [4.69, 9.17) is 5.73 Å². The Balaban J connectivity index is 1.39. The lowest BCUT2D eigenvalue weighted by atomic mass is 10.1. The molecule has 0 aliphatic rings. The average Bonchev–Trinajstić information content (AvgIpc) is 3.24. The zero-order chi connectivity index (χ0) is 20.3. The van der Waals surface area contributed by atoms with E-state index in [-0.39, 0.29) is 0 Å². The molecule has 0 radical (unpaired) electrons. The minimum absolute atomic E-state index is 0.471. The van der Waals surface area contributed by atoms with E-state index in [0.717, 1.165) is 48.3 Å². The second-order valence-corrected chi connectivity index (χ2v) is 7.53. The second kappa shape index (κ2) is 11.2. The van der Waals surface area contributed by atoms with Crippen molar-refractivity contribution in [1.82, 2.24) is 20.3 Å². The van der Waals surface area contributed by atoms with E-state index in [9.17, 15) is 0 Å². The topological polar surface area (TPSA) is 104 Å². The third-order valence-corrected chi connectivity index (χ3v) is 4.89. The third-order valence-electron chi connectivity index (χ3n) is 4.36. The number of imidazole rings is 1. The predicted molar refractivity (Wildman–Crippen MR) is 121 cm³/mol. The first-order chi connectivity index (χ1) is 14.2. The van der Waals surface area contributed by atoms with Crippen molar-refractivity contribution in [3.8, 4) is 0 Å². The van der Waals surface area contributed by atoms with Crippen molar-refractivity contribution in [3.05, 3.63) is 76.4 Å². The summed E-state index contributed by atoms with van der Waals surface area (Å²) in [6.07, 6.45) is 7.84. The molecule has 8 heteroatoms. The van der Waals surface area contributed by atoms with Gasteiger partial charge in [-0.05, 0) is 35.7 Å². The lowest BCUT2D eigenvalue weighted by Crippen LogP contribution is -2.33. The molecule has 0 unspecified atom stereocenters. The first-order valence-corrected chi connectivity index (χ1v) is 10.4. The Hall–Kier alpha value is -2.87. The minimum Gasteiger partial charge on any atom is -0.370 e. The Morgan fingerprint density at radius 1 is 1.17 bits per heavy atom. The van der Waals surface area contributed by atoms with Gasteiger partial charge in [0.15, 0.2) is 5.96 Å². The van der Waals surface area contributed by atoms with Crippen LogP contribution in [-0.4, -0.2) is 40.5 Å². The first kappa shape index (κ1) is 20.9. The summed E-state index contributed by atoms with van der Waals surface area (Å²) in [5.41, 5.74) is 9.41. The highest BCUT2D eigenvalue weighted by Gasteiger charge is 2.04. The van der Waals surface area contributed by atoms with E-state index in [1.807, 2.05) is 18.5 Å². The van der Waals surface area contributed by atoms with Gasteiger partial charge >= 0.3 is 0 Å². The van der Waals surface area contributed by atoms with Crippen LogP contribution < -0.4 is 16.4 Å². The van der Waals surface area contributed by atoms with Crippen LogP contribution in [0.25, 0.3) is 0 Å². The standard InChI is InChI=1S/C21H26BrN7/c22-18-6-4-16(5-7-18)13-17-3-1-9-25-20(17)26-10-2-11-27-21(23)28-12-8-19-14-24-15-29-19/h1,3-7,9,14-15H,2,8,10-13H2,(H,24,29)(H,25,26)(H3,23,27,28). The molecule has 0 spiro atoms. The van der Waals surface area contributed by atoms with Crippen molar-refractivity contribution in [2.24, 2.45) is 10.7 Å². The average molecular weight is 456 g/mol. The second-order valence-electron chi connectivity index (χ2n) is 6.62. The number of hydrogen-bond acceptors (Lipinski definition) is 4. The number of H-pyrrole nitrogens is 1. The largest absolute Gasteiger partial charge is 0.370 e. The van der Waals surface area contributed by atoms with Gasteiger partial charge in [0.05, 0.1) is 6.33 Å². The molecule has 2 aromatic heterocycles. The van der Waals surface area contributed by atoms with Crippen molar-refractivity contribution in [1.29, 1.82) is 0 Å². The highest BCUT2D eigenvalue weighted by Crippen LogP contribution is 2.18. The van der Waals surface area contributed by atoms with Crippen molar-refractivity contribution in [3.63, 3.8) is 0 Å². The Bertz CT molecular complexity index is 892. The Morgan fingerprint density at radius 2 is 2.03 bits per heavy atom. The number of aliphatic imine (C=N–C) groups is 1. The highest BCUT2D eigenvalue weighted by molar-refractivity contribution is 9.10. The van der Waals surface area contributed by atoms with Gasteiger partial charge in [-0.3, -0.25) is 4.99 Å². The number of aromatic nitrogens is 3. The molecule has 0 fully saturated rings. The molecule has 1 aromatic carbocycles. The number of nitrogens with two attached hydrogens (primary N) is 1. The summed E-state index contributed by atoms with van der Waals surface area (Å²) in [5, 5.41) is 6.53. The van der Waals surface area contributed by atoms with Crippen molar-refractivity contribution < 1.29 is 0 Å². The number of hydrogen-bond donors (Lipinski definition) is 4. The fourth-order valence-corrected chi connectivity index (χ4v) is 3.11. The van der Waals surface area contributed by atoms with Crippen molar-refractivity contribution in [2.45, 2.75) is 19.3 Å². The van der Waals surface area contributed by atoms with Crippen LogP contribution in [0.2, 0.25) is 0 Å². The van der Waals surface area contributed by atoms with Gasteiger partial charge in [-0.1, -0.05) is 34.1 Å². The molecule has 152 valence electrons. The molecule has 0 aliphatic carbocycles.